The van der Waals surface area contributed by atoms with Gasteiger partial charge in [0.25, 0.3) is 0 Å². The van der Waals surface area contributed by atoms with E-state index in [0.29, 0.717) is 22.1 Å². The number of amidine groups is 1. The van der Waals surface area contributed by atoms with Crippen LogP contribution in [0.2, 0.25) is 5.02 Å². The molecule has 100 valence electrons. The molecule has 0 unspecified atom stereocenters. The summed E-state index contributed by atoms with van der Waals surface area (Å²) in [6.07, 6.45) is 3.33. The van der Waals surface area contributed by atoms with Crippen LogP contribution in [0, 0.1) is 0 Å². The minimum Gasteiger partial charge on any atom is -0.453 e. The third kappa shape index (κ3) is 2.79. The Kier molecular flexibility index (Phi) is 3.91. The predicted molar refractivity (Wildman–Crippen MR) is 71.9 cm³/mol. The lowest BCUT2D eigenvalue weighted by Crippen LogP contribution is -2.14. The number of aryl methyl sites for hydroxylation is 1. The average molecular weight is 281 g/mol. The van der Waals surface area contributed by atoms with Crippen LogP contribution in [-0.4, -0.2) is 20.8 Å². The molecular formula is C12H13ClN4O2. The van der Waals surface area contributed by atoms with E-state index in [-0.39, 0.29) is 5.84 Å². The Morgan fingerprint density at radius 2 is 2.37 bits per heavy atom. The van der Waals surface area contributed by atoms with Crippen molar-refractivity contribution in [3.8, 4) is 11.5 Å². The number of hydrogen-bond donors (Lipinski definition) is 2. The molecule has 0 saturated heterocycles. The van der Waals surface area contributed by atoms with E-state index in [1.54, 1.807) is 35.3 Å². The molecule has 6 nitrogen and oxygen atoms in total. The molecule has 1 aromatic heterocycles. The van der Waals surface area contributed by atoms with E-state index in [4.69, 9.17) is 27.3 Å². The van der Waals surface area contributed by atoms with Gasteiger partial charge in [-0.3, -0.25) is 4.68 Å². The molecule has 2 aromatic rings. The number of nitrogens with zero attached hydrogens (tertiary/aromatic N) is 3. The number of benzene rings is 1. The zero-order chi connectivity index (χ0) is 13.8. The predicted octanol–water partition coefficient (Wildman–Crippen LogP) is 2.44. The van der Waals surface area contributed by atoms with Gasteiger partial charge in [0.05, 0.1) is 23.0 Å². The summed E-state index contributed by atoms with van der Waals surface area (Å²) in [7, 11) is 0. The molecule has 0 atom stereocenters. The lowest BCUT2D eigenvalue weighted by atomic mass is 10.2. The molecule has 0 spiro atoms. The van der Waals surface area contributed by atoms with Crippen LogP contribution in [0.3, 0.4) is 0 Å². The van der Waals surface area contributed by atoms with Crippen molar-refractivity contribution >= 4 is 17.4 Å². The second-order valence-electron chi connectivity index (χ2n) is 3.73. The average Bonchev–Trinajstić information content (AvgIpc) is 2.86. The van der Waals surface area contributed by atoms with Crippen LogP contribution in [0.25, 0.3) is 0 Å². The van der Waals surface area contributed by atoms with E-state index < -0.39 is 0 Å². The van der Waals surface area contributed by atoms with Crippen molar-refractivity contribution in [3.63, 3.8) is 0 Å². The highest BCUT2D eigenvalue weighted by Gasteiger charge is 2.14. The monoisotopic (exact) mass is 280 g/mol. The SMILES string of the molecule is CCn1cc(Oc2cccc(Cl)c2/C(N)=N/O)cn1. The number of rotatable bonds is 4. The number of oxime groups is 1. The van der Waals surface area contributed by atoms with Gasteiger partial charge < -0.3 is 15.7 Å². The van der Waals surface area contributed by atoms with Gasteiger partial charge in [-0.25, -0.2) is 0 Å². The van der Waals surface area contributed by atoms with Gasteiger partial charge >= 0.3 is 0 Å². The summed E-state index contributed by atoms with van der Waals surface area (Å²) in [5, 5.41) is 16.2. The molecular weight excluding hydrogens is 268 g/mol. The Labute approximate surface area is 115 Å². The quantitative estimate of drug-likeness (QED) is 0.390. The maximum absolute atomic E-state index is 8.78. The molecule has 2 rings (SSSR count). The van der Waals surface area contributed by atoms with Crippen molar-refractivity contribution in [3.05, 3.63) is 41.2 Å². The fraction of sp³-hybridized carbons (Fsp3) is 0.167. The summed E-state index contributed by atoms with van der Waals surface area (Å²) >= 11 is 6.03. The summed E-state index contributed by atoms with van der Waals surface area (Å²) < 4.78 is 7.38. The van der Waals surface area contributed by atoms with Gasteiger partial charge in [-0.2, -0.15) is 5.10 Å². The van der Waals surface area contributed by atoms with E-state index in [1.807, 2.05) is 6.92 Å². The summed E-state index contributed by atoms with van der Waals surface area (Å²) in [5.74, 6) is 0.845. The van der Waals surface area contributed by atoms with E-state index in [2.05, 4.69) is 10.3 Å². The highest BCUT2D eigenvalue weighted by molar-refractivity contribution is 6.34. The molecule has 1 aromatic carbocycles. The third-order valence-electron chi connectivity index (χ3n) is 2.50. The summed E-state index contributed by atoms with van der Waals surface area (Å²) in [5.41, 5.74) is 5.94. The number of nitrogens with two attached hydrogens (primary N) is 1. The van der Waals surface area contributed by atoms with Crippen molar-refractivity contribution in [2.45, 2.75) is 13.5 Å². The summed E-state index contributed by atoms with van der Waals surface area (Å²) in [4.78, 5) is 0. The van der Waals surface area contributed by atoms with Crippen LogP contribution in [0.5, 0.6) is 11.5 Å². The maximum atomic E-state index is 8.78. The van der Waals surface area contributed by atoms with Gasteiger partial charge in [0.1, 0.15) is 5.75 Å². The van der Waals surface area contributed by atoms with E-state index in [9.17, 15) is 0 Å². The van der Waals surface area contributed by atoms with Gasteiger partial charge in [0, 0.05) is 6.54 Å². The molecule has 0 saturated carbocycles. The first-order valence-corrected chi connectivity index (χ1v) is 6.00. The minimum absolute atomic E-state index is 0.108. The maximum Gasteiger partial charge on any atom is 0.175 e. The largest absolute Gasteiger partial charge is 0.453 e. The smallest absolute Gasteiger partial charge is 0.175 e. The van der Waals surface area contributed by atoms with E-state index in [0.717, 1.165) is 6.54 Å². The van der Waals surface area contributed by atoms with Crippen molar-refractivity contribution in [1.82, 2.24) is 9.78 Å². The van der Waals surface area contributed by atoms with Crippen LogP contribution in [0.1, 0.15) is 12.5 Å². The molecule has 7 heteroatoms. The molecule has 0 bridgehead atoms. The first-order valence-electron chi connectivity index (χ1n) is 5.62. The molecule has 0 aliphatic carbocycles. The van der Waals surface area contributed by atoms with Gasteiger partial charge in [-0.1, -0.05) is 22.8 Å². The number of halogens is 1. The Morgan fingerprint density at radius 3 is 3.00 bits per heavy atom. The van der Waals surface area contributed by atoms with Crippen molar-refractivity contribution in [2.75, 3.05) is 0 Å². The topological polar surface area (TPSA) is 85.7 Å². The first-order chi connectivity index (χ1) is 9.15. The highest BCUT2D eigenvalue weighted by Crippen LogP contribution is 2.30. The zero-order valence-corrected chi connectivity index (χ0v) is 11.0. The van der Waals surface area contributed by atoms with Crippen LogP contribution in [-0.2, 0) is 6.54 Å². The summed E-state index contributed by atoms with van der Waals surface area (Å²) in [6.45, 7) is 2.71. The molecule has 0 amide bonds. The van der Waals surface area contributed by atoms with Crippen LogP contribution in [0.15, 0.2) is 35.7 Å². The fourth-order valence-corrected chi connectivity index (χ4v) is 1.85. The lowest BCUT2D eigenvalue weighted by molar-refractivity contribution is 0.318. The number of hydrogen-bond acceptors (Lipinski definition) is 4. The number of ether oxygens (including phenoxy) is 1. The van der Waals surface area contributed by atoms with Crippen molar-refractivity contribution < 1.29 is 9.94 Å². The zero-order valence-electron chi connectivity index (χ0n) is 10.2. The van der Waals surface area contributed by atoms with Crippen molar-refractivity contribution in [1.29, 1.82) is 0 Å². The number of aromatic nitrogens is 2. The third-order valence-corrected chi connectivity index (χ3v) is 2.82. The van der Waals surface area contributed by atoms with Gasteiger partial charge in [-0.15, -0.1) is 0 Å². The fourth-order valence-electron chi connectivity index (χ4n) is 1.59. The van der Waals surface area contributed by atoms with Crippen molar-refractivity contribution in [2.24, 2.45) is 10.9 Å². The van der Waals surface area contributed by atoms with Crippen LogP contribution in [0.4, 0.5) is 0 Å². The molecule has 3 N–H and O–H groups in total. The Morgan fingerprint density at radius 1 is 1.58 bits per heavy atom. The molecule has 0 radical (unpaired) electrons. The molecule has 1 heterocycles. The molecule has 0 fully saturated rings. The summed E-state index contributed by atoms with van der Waals surface area (Å²) in [6, 6.07) is 5.04. The lowest BCUT2D eigenvalue weighted by Gasteiger charge is -2.09. The minimum atomic E-state index is -0.108. The highest BCUT2D eigenvalue weighted by atomic mass is 35.5. The molecule has 0 aliphatic rings. The van der Waals surface area contributed by atoms with Gasteiger partial charge in [0.15, 0.2) is 11.6 Å². The second-order valence-corrected chi connectivity index (χ2v) is 4.14. The van der Waals surface area contributed by atoms with Gasteiger partial charge in [0.2, 0.25) is 0 Å². The van der Waals surface area contributed by atoms with E-state index in [1.165, 1.54) is 0 Å². The Balaban J connectivity index is 2.37. The molecule has 0 aliphatic heterocycles. The van der Waals surface area contributed by atoms with Gasteiger partial charge in [-0.05, 0) is 19.1 Å². The van der Waals surface area contributed by atoms with E-state index >= 15 is 0 Å². The normalized spacial score (nSPS) is 11.6. The van der Waals surface area contributed by atoms with Crippen LogP contribution >= 0.6 is 11.6 Å². The first kappa shape index (κ1) is 13.2. The standard InChI is InChI=1S/C12H13ClN4O2/c1-2-17-7-8(6-15-17)19-10-5-3-4-9(13)11(10)12(14)16-18/h3-7,18H,2H2,1H3,(H2,14,16). The molecule has 19 heavy (non-hydrogen) atoms. The second kappa shape index (κ2) is 5.62. The van der Waals surface area contributed by atoms with Crippen LogP contribution < -0.4 is 10.5 Å². The Bertz CT molecular complexity index is 610. The Hall–Kier alpha value is -2.21.